The summed E-state index contributed by atoms with van der Waals surface area (Å²) in [5, 5.41) is 0. The Morgan fingerprint density at radius 1 is 1.26 bits per heavy atom. The highest BCUT2D eigenvalue weighted by Gasteiger charge is 2.24. The van der Waals surface area contributed by atoms with Gasteiger partial charge in [0.25, 0.3) is 0 Å². The molecule has 1 rings (SSSR count). The second-order valence-electron chi connectivity index (χ2n) is 4.87. The van der Waals surface area contributed by atoms with Crippen molar-refractivity contribution in [1.29, 1.82) is 0 Å². The fourth-order valence-corrected chi connectivity index (χ4v) is 3.28. The average molecular weight is 403 g/mol. The number of halogens is 2. The van der Waals surface area contributed by atoms with Gasteiger partial charge in [-0.05, 0) is 38.4 Å². The largest absolute Gasteiger partial charge is 0.330 e. The molecule has 1 aromatic carbocycles. The third-order valence-electron chi connectivity index (χ3n) is 3.10. The van der Waals surface area contributed by atoms with E-state index in [2.05, 4.69) is 4.72 Å². The van der Waals surface area contributed by atoms with Crippen molar-refractivity contribution in [2.75, 3.05) is 12.4 Å². The molecule has 0 heterocycles. The number of hydrogen-bond acceptors (Lipinski definition) is 4. The Kier molecular flexibility index (Phi) is 13.1. The zero-order chi connectivity index (χ0) is 15.9. The standard InChI is InChI=1S/C14H21ClN2O3S.ClH.H2S/c1-11-5-7-12(8-6-11)21(19,20)17-13(14(18)10-15)4-2-3-9-16;;/h5-8,13,17H,2-4,9-10,16H2,1H3;1H;1H2/t13-;;/m0../s1. The topological polar surface area (TPSA) is 89.3 Å². The lowest BCUT2D eigenvalue weighted by atomic mass is 10.1. The fourth-order valence-electron chi connectivity index (χ4n) is 1.84. The summed E-state index contributed by atoms with van der Waals surface area (Å²) in [6.07, 6.45) is 1.80. The number of nitrogens with two attached hydrogens (primary N) is 1. The Morgan fingerprint density at radius 2 is 1.83 bits per heavy atom. The van der Waals surface area contributed by atoms with Gasteiger partial charge in [0.1, 0.15) is 0 Å². The quantitative estimate of drug-likeness (QED) is 0.488. The molecule has 0 aliphatic heterocycles. The number of aryl methyl sites for hydroxylation is 1. The summed E-state index contributed by atoms with van der Waals surface area (Å²) < 4.78 is 27.0. The van der Waals surface area contributed by atoms with Crippen LogP contribution in [0.1, 0.15) is 24.8 Å². The molecule has 23 heavy (non-hydrogen) atoms. The number of hydrogen-bond donors (Lipinski definition) is 2. The monoisotopic (exact) mass is 402 g/mol. The van der Waals surface area contributed by atoms with E-state index in [0.717, 1.165) is 12.0 Å². The molecule has 0 saturated heterocycles. The average Bonchev–Trinajstić information content (AvgIpc) is 2.46. The molecular weight excluding hydrogens is 379 g/mol. The molecule has 0 aliphatic carbocycles. The van der Waals surface area contributed by atoms with E-state index < -0.39 is 16.1 Å². The molecule has 0 amide bonds. The number of carbonyl (C=O) groups excluding carboxylic acids is 1. The van der Waals surface area contributed by atoms with Crippen molar-refractivity contribution < 1.29 is 13.2 Å². The summed E-state index contributed by atoms with van der Waals surface area (Å²) in [6, 6.07) is 5.64. The minimum Gasteiger partial charge on any atom is -0.330 e. The second-order valence-corrected chi connectivity index (χ2v) is 6.85. The molecule has 1 atom stereocenters. The summed E-state index contributed by atoms with van der Waals surface area (Å²) in [5.41, 5.74) is 6.37. The lowest BCUT2D eigenvalue weighted by molar-refractivity contribution is -0.118. The number of ketones is 1. The van der Waals surface area contributed by atoms with E-state index in [9.17, 15) is 13.2 Å². The number of Topliss-reactive ketones (excluding diaryl/α,β-unsaturated/α-hetero) is 1. The Labute approximate surface area is 156 Å². The molecule has 0 fully saturated rings. The number of rotatable bonds is 9. The van der Waals surface area contributed by atoms with Crippen LogP contribution < -0.4 is 10.5 Å². The molecule has 134 valence electrons. The zero-order valence-electron chi connectivity index (χ0n) is 12.9. The molecule has 3 N–H and O–H groups in total. The number of carbonyl (C=O) groups is 1. The van der Waals surface area contributed by atoms with Crippen molar-refractivity contribution in [3.05, 3.63) is 29.8 Å². The minimum atomic E-state index is -3.73. The van der Waals surface area contributed by atoms with Crippen LogP contribution in [-0.2, 0) is 14.8 Å². The van der Waals surface area contributed by atoms with E-state index in [1.807, 2.05) is 6.92 Å². The van der Waals surface area contributed by atoms with Crippen LogP contribution in [0, 0.1) is 6.92 Å². The molecular formula is C14H24Cl2N2O3S2. The van der Waals surface area contributed by atoms with E-state index in [0.29, 0.717) is 19.4 Å². The first kappa shape index (κ1) is 24.9. The van der Waals surface area contributed by atoms with Crippen LogP contribution in [0.3, 0.4) is 0 Å². The maximum Gasteiger partial charge on any atom is 0.241 e. The molecule has 1 aromatic rings. The van der Waals surface area contributed by atoms with Crippen molar-refractivity contribution in [2.45, 2.75) is 37.1 Å². The van der Waals surface area contributed by atoms with E-state index in [1.165, 1.54) is 12.1 Å². The highest BCUT2D eigenvalue weighted by Crippen LogP contribution is 2.13. The van der Waals surface area contributed by atoms with E-state index in [1.54, 1.807) is 12.1 Å². The highest BCUT2D eigenvalue weighted by molar-refractivity contribution is 7.89. The van der Waals surface area contributed by atoms with Crippen LogP contribution >= 0.6 is 37.5 Å². The van der Waals surface area contributed by atoms with Gasteiger partial charge in [-0.25, -0.2) is 13.1 Å². The smallest absolute Gasteiger partial charge is 0.241 e. The lowest BCUT2D eigenvalue weighted by Crippen LogP contribution is -2.41. The van der Waals surface area contributed by atoms with Crippen molar-refractivity contribution in [3.63, 3.8) is 0 Å². The molecule has 0 saturated carbocycles. The lowest BCUT2D eigenvalue weighted by Gasteiger charge is -2.16. The summed E-state index contributed by atoms with van der Waals surface area (Å²) in [4.78, 5) is 11.9. The van der Waals surface area contributed by atoms with Gasteiger partial charge in [-0.2, -0.15) is 13.5 Å². The Balaban J connectivity index is 0. The number of benzene rings is 1. The van der Waals surface area contributed by atoms with Gasteiger partial charge < -0.3 is 5.73 Å². The van der Waals surface area contributed by atoms with Crippen LogP contribution in [0.4, 0.5) is 0 Å². The van der Waals surface area contributed by atoms with Crippen molar-refractivity contribution in [2.24, 2.45) is 5.73 Å². The third-order valence-corrected chi connectivity index (χ3v) is 4.85. The molecule has 0 bridgehead atoms. The normalized spacial score (nSPS) is 12.0. The van der Waals surface area contributed by atoms with Gasteiger partial charge in [-0.15, -0.1) is 24.0 Å². The number of nitrogens with one attached hydrogen (secondary N) is 1. The zero-order valence-corrected chi connectivity index (χ0v) is 16.3. The molecule has 0 spiro atoms. The van der Waals surface area contributed by atoms with Crippen LogP contribution in [0.5, 0.6) is 0 Å². The van der Waals surface area contributed by atoms with Crippen LogP contribution in [-0.4, -0.2) is 32.7 Å². The highest BCUT2D eigenvalue weighted by atomic mass is 35.5. The van der Waals surface area contributed by atoms with Crippen LogP contribution in [0.15, 0.2) is 29.2 Å². The van der Waals surface area contributed by atoms with Gasteiger partial charge in [-0.1, -0.05) is 24.1 Å². The third kappa shape index (κ3) is 8.37. The number of alkyl halides is 1. The van der Waals surface area contributed by atoms with Crippen LogP contribution in [0.2, 0.25) is 0 Å². The van der Waals surface area contributed by atoms with E-state index in [-0.39, 0.29) is 42.5 Å². The van der Waals surface area contributed by atoms with Gasteiger partial charge >= 0.3 is 0 Å². The number of unbranched alkanes of at least 4 members (excludes halogenated alkanes) is 1. The number of sulfonamides is 1. The Morgan fingerprint density at radius 3 is 2.30 bits per heavy atom. The SMILES string of the molecule is Cc1ccc(S(=O)(=O)N[C@@H](CCCCN)C(=O)CCl)cc1.Cl.S. The Hall–Kier alpha value is -0.310. The predicted molar refractivity (Wildman–Crippen MR) is 102 cm³/mol. The molecule has 0 radical (unpaired) electrons. The van der Waals surface area contributed by atoms with Crippen molar-refractivity contribution in [3.8, 4) is 0 Å². The molecule has 0 aliphatic rings. The van der Waals surface area contributed by atoms with Gasteiger partial charge in [0, 0.05) is 0 Å². The molecule has 9 heteroatoms. The molecule has 5 nitrogen and oxygen atoms in total. The first-order valence-corrected chi connectivity index (χ1v) is 8.80. The van der Waals surface area contributed by atoms with Crippen molar-refractivity contribution in [1.82, 2.24) is 4.72 Å². The maximum atomic E-state index is 12.3. The minimum absolute atomic E-state index is 0. The van der Waals surface area contributed by atoms with Gasteiger partial charge in [0.05, 0.1) is 16.8 Å². The molecule has 0 aromatic heterocycles. The predicted octanol–water partition coefficient (Wildman–Crippen LogP) is 2.11. The maximum absolute atomic E-state index is 12.3. The van der Waals surface area contributed by atoms with Crippen LogP contribution in [0.25, 0.3) is 0 Å². The Bertz CT molecular complexity index is 566. The first-order valence-electron chi connectivity index (χ1n) is 6.78. The first-order chi connectivity index (χ1) is 9.90. The van der Waals surface area contributed by atoms with Crippen molar-refractivity contribution >= 4 is 53.3 Å². The molecule has 0 unspecified atom stereocenters. The summed E-state index contributed by atoms with van der Waals surface area (Å²) >= 11 is 5.55. The second kappa shape index (κ2) is 12.1. The van der Waals surface area contributed by atoms with E-state index in [4.69, 9.17) is 17.3 Å². The van der Waals surface area contributed by atoms with Gasteiger partial charge in [-0.3, -0.25) is 4.79 Å². The fraction of sp³-hybridized carbons (Fsp3) is 0.500. The summed E-state index contributed by atoms with van der Waals surface area (Å²) in [6.45, 7) is 2.38. The van der Waals surface area contributed by atoms with E-state index >= 15 is 0 Å². The van der Waals surface area contributed by atoms with Gasteiger partial charge in [0.15, 0.2) is 5.78 Å². The summed E-state index contributed by atoms with van der Waals surface area (Å²) in [7, 11) is -3.73. The summed E-state index contributed by atoms with van der Waals surface area (Å²) in [5.74, 6) is -0.548. The van der Waals surface area contributed by atoms with Gasteiger partial charge in [0.2, 0.25) is 10.0 Å².